The van der Waals surface area contributed by atoms with E-state index in [9.17, 15) is 9.59 Å². The highest BCUT2D eigenvalue weighted by atomic mass is 16.9. The Hall–Kier alpha value is -2.04. The summed E-state index contributed by atoms with van der Waals surface area (Å²) in [5, 5.41) is 0. The van der Waals surface area contributed by atoms with Gasteiger partial charge in [0.1, 0.15) is 29.6 Å². The van der Waals surface area contributed by atoms with Crippen molar-refractivity contribution in [3.63, 3.8) is 0 Å². The number of esters is 2. The van der Waals surface area contributed by atoms with Gasteiger partial charge in [0.2, 0.25) is 0 Å². The highest BCUT2D eigenvalue weighted by Crippen LogP contribution is 2.44. The van der Waals surface area contributed by atoms with E-state index in [1.165, 1.54) is 19.2 Å². The van der Waals surface area contributed by atoms with Crippen molar-refractivity contribution >= 4 is 11.9 Å². The SMILES string of the molecule is COC(=O)c1ccccc1OC(=O)[C@H]1O[C@@H]2OC(C)(C)O[C@@H]2[C@H]2OC(C)(C)O[C@H]21. The maximum absolute atomic E-state index is 13.0. The van der Waals surface area contributed by atoms with Gasteiger partial charge < -0.3 is 33.2 Å². The molecule has 29 heavy (non-hydrogen) atoms. The van der Waals surface area contributed by atoms with Gasteiger partial charge >= 0.3 is 11.9 Å². The van der Waals surface area contributed by atoms with Crippen molar-refractivity contribution in [1.29, 1.82) is 0 Å². The molecule has 0 aromatic heterocycles. The average Bonchev–Trinajstić information content (AvgIpc) is 3.14. The zero-order chi connectivity index (χ0) is 21.0. The minimum Gasteiger partial charge on any atom is -0.465 e. The van der Waals surface area contributed by atoms with Gasteiger partial charge in [-0.1, -0.05) is 12.1 Å². The maximum atomic E-state index is 13.0. The second kappa shape index (κ2) is 7.03. The molecule has 5 atom stereocenters. The summed E-state index contributed by atoms with van der Waals surface area (Å²) >= 11 is 0. The molecule has 3 saturated heterocycles. The Balaban J connectivity index is 1.59. The predicted molar refractivity (Wildman–Crippen MR) is 95.9 cm³/mol. The summed E-state index contributed by atoms with van der Waals surface area (Å²) in [7, 11) is 1.25. The van der Waals surface area contributed by atoms with Crippen molar-refractivity contribution in [3.8, 4) is 5.75 Å². The predicted octanol–water partition coefficient (Wildman–Crippen LogP) is 1.78. The maximum Gasteiger partial charge on any atom is 0.343 e. The van der Waals surface area contributed by atoms with Crippen LogP contribution in [0, 0.1) is 0 Å². The topological polar surface area (TPSA) is 98.8 Å². The summed E-state index contributed by atoms with van der Waals surface area (Å²) in [6.45, 7) is 7.00. The van der Waals surface area contributed by atoms with Crippen molar-refractivity contribution in [2.45, 2.75) is 70.0 Å². The molecule has 3 fully saturated rings. The molecule has 3 aliphatic heterocycles. The van der Waals surface area contributed by atoms with Crippen LogP contribution >= 0.6 is 0 Å². The Labute approximate surface area is 168 Å². The molecular formula is C20H24O9. The van der Waals surface area contributed by atoms with Gasteiger partial charge in [-0.25, -0.2) is 9.59 Å². The van der Waals surface area contributed by atoms with E-state index in [-0.39, 0.29) is 11.3 Å². The van der Waals surface area contributed by atoms with Crippen LogP contribution in [0.4, 0.5) is 0 Å². The second-order valence-corrected chi connectivity index (χ2v) is 8.00. The molecule has 0 amide bonds. The average molecular weight is 408 g/mol. The number of carbonyl (C=O) groups is 2. The third kappa shape index (κ3) is 3.76. The van der Waals surface area contributed by atoms with Gasteiger partial charge in [-0.15, -0.1) is 0 Å². The lowest BCUT2D eigenvalue weighted by molar-refractivity contribution is -0.236. The van der Waals surface area contributed by atoms with Crippen LogP contribution in [0.5, 0.6) is 5.75 Å². The molecule has 1 aromatic rings. The third-order valence-corrected chi connectivity index (χ3v) is 4.89. The lowest BCUT2D eigenvalue weighted by Gasteiger charge is -2.35. The van der Waals surface area contributed by atoms with Crippen LogP contribution in [0.3, 0.4) is 0 Å². The van der Waals surface area contributed by atoms with Crippen molar-refractivity contribution in [2.75, 3.05) is 7.11 Å². The van der Waals surface area contributed by atoms with Gasteiger partial charge in [-0.05, 0) is 39.8 Å². The van der Waals surface area contributed by atoms with Crippen LogP contribution in [0.15, 0.2) is 24.3 Å². The lowest BCUT2D eigenvalue weighted by Crippen LogP contribution is -2.58. The Morgan fingerprint density at radius 3 is 2.24 bits per heavy atom. The monoisotopic (exact) mass is 408 g/mol. The number of para-hydroxylation sites is 1. The first kappa shape index (κ1) is 20.2. The Kier molecular flexibility index (Phi) is 4.91. The van der Waals surface area contributed by atoms with Gasteiger partial charge in [0, 0.05) is 0 Å². The molecule has 158 valence electrons. The van der Waals surface area contributed by atoms with Crippen LogP contribution in [-0.2, 0) is 33.2 Å². The van der Waals surface area contributed by atoms with Crippen molar-refractivity contribution in [1.82, 2.24) is 0 Å². The lowest BCUT2D eigenvalue weighted by atomic mass is 9.99. The molecule has 0 spiro atoms. The van der Waals surface area contributed by atoms with Crippen LogP contribution in [0.1, 0.15) is 38.1 Å². The van der Waals surface area contributed by atoms with Crippen LogP contribution < -0.4 is 4.74 Å². The Bertz CT molecular complexity index is 818. The fourth-order valence-corrected chi connectivity index (χ4v) is 3.80. The van der Waals surface area contributed by atoms with Gasteiger partial charge in [0.05, 0.1) is 7.11 Å². The second-order valence-electron chi connectivity index (χ2n) is 8.00. The highest BCUT2D eigenvalue weighted by molar-refractivity contribution is 5.93. The largest absolute Gasteiger partial charge is 0.465 e. The fourth-order valence-electron chi connectivity index (χ4n) is 3.80. The molecule has 0 bridgehead atoms. The van der Waals surface area contributed by atoms with Gasteiger partial charge in [-0.3, -0.25) is 0 Å². The molecule has 3 heterocycles. The quantitative estimate of drug-likeness (QED) is 0.547. The first-order valence-corrected chi connectivity index (χ1v) is 9.36. The zero-order valence-electron chi connectivity index (χ0n) is 16.9. The van der Waals surface area contributed by atoms with Gasteiger partial charge in [0.15, 0.2) is 24.0 Å². The zero-order valence-corrected chi connectivity index (χ0v) is 16.9. The molecule has 0 N–H and O–H groups in total. The first-order valence-electron chi connectivity index (χ1n) is 9.36. The number of hydrogen-bond acceptors (Lipinski definition) is 9. The van der Waals surface area contributed by atoms with E-state index in [0.29, 0.717) is 0 Å². The normalized spacial score (nSPS) is 34.2. The number of methoxy groups -OCH3 is 1. The van der Waals surface area contributed by atoms with Gasteiger partial charge in [-0.2, -0.15) is 0 Å². The third-order valence-electron chi connectivity index (χ3n) is 4.89. The number of rotatable bonds is 3. The number of ether oxygens (including phenoxy) is 7. The summed E-state index contributed by atoms with van der Waals surface area (Å²) in [5.41, 5.74) is 0.124. The Morgan fingerprint density at radius 1 is 0.897 bits per heavy atom. The van der Waals surface area contributed by atoms with Crippen molar-refractivity contribution < 1.29 is 42.7 Å². The molecule has 3 aliphatic rings. The minimum absolute atomic E-state index is 0.0636. The van der Waals surface area contributed by atoms with E-state index in [4.69, 9.17) is 33.2 Å². The summed E-state index contributed by atoms with van der Waals surface area (Å²) < 4.78 is 39.7. The molecule has 0 unspecified atom stereocenters. The van der Waals surface area contributed by atoms with E-state index >= 15 is 0 Å². The fraction of sp³-hybridized carbons (Fsp3) is 0.600. The number of hydrogen-bond donors (Lipinski definition) is 0. The van der Waals surface area contributed by atoms with Crippen LogP contribution in [0.2, 0.25) is 0 Å². The summed E-state index contributed by atoms with van der Waals surface area (Å²) in [4.78, 5) is 25.0. The van der Waals surface area contributed by atoms with Gasteiger partial charge in [0.25, 0.3) is 0 Å². The first-order chi connectivity index (χ1) is 13.6. The van der Waals surface area contributed by atoms with Crippen molar-refractivity contribution in [2.24, 2.45) is 0 Å². The minimum atomic E-state index is -1.13. The number of carbonyl (C=O) groups excluding carboxylic acids is 2. The van der Waals surface area contributed by atoms with E-state index in [1.54, 1.807) is 39.8 Å². The summed E-state index contributed by atoms with van der Waals surface area (Å²) in [6, 6.07) is 6.29. The molecule has 9 nitrogen and oxygen atoms in total. The number of fused-ring (bicyclic) bond motifs is 3. The summed E-state index contributed by atoms with van der Waals surface area (Å²) in [6.07, 6.45) is -3.85. The van der Waals surface area contributed by atoms with E-state index < -0.39 is 54.2 Å². The van der Waals surface area contributed by atoms with E-state index in [2.05, 4.69) is 0 Å². The molecule has 0 aliphatic carbocycles. The highest BCUT2D eigenvalue weighted by Gasteiger charge is 2.62. The van der Waals surface area contributed by atoms with E-state index in [0.717, 1.165) is 0 Å². The molecule has 9 heteroatoms. The molecule has 0 saturated carbocycles. The standard InChI is InChI=1S/C20H24O9/c1-19(2)26-12-13(27-19)15-18(29-20(3,4)28-15)25-14(12)17(22)24-11-9-7-6-8-10(11)16(21)23-5/h6-9,12-15,18H,1-5H3/t12-,13+,14+,15-,18-/m1/s1. The van der Waals surface area contributed by atoms with Crippen LogP contribution in [0.25, 0.3) is 0 Å². The molecule has 0 radical (unpaired) electrons. The molecular weight excluding hydrogens is 384 g/mol. The van der Waals surface area contributed by atoms with Crippen molar-refractivity contribution in [3.05, 3.63) is 29.8 Å². The molecule has 4 rings (SSSR count). The van der Waals surface area contributed by atoms with Crippen LogP contribution in [-0.4, -0.2) is 61.3 Å². The van der Waals surface area contributed by atoms with E-state index in [1.807, 2.05) is 0 Å². The smallest absolute Gasteiger partial charge is 0.343 e. The summed E-state index contributed by atoms with van der Waals surface area (Å²) in [5.74, 6) is -3.12. The Morgan fingerprint density at radius 2 is 1.52 bits per heavy atom. The molecule has 1 aromatic carbocycles. The number of benzene rings is 1.